The molecule has 0 bridgehead atoms. The summed E-state index contributed by atoms with van der Waals surface area (Å²) in [5.41, 5.74) is 5.89. The summed E-state index contributed by atoms with van der Waals surface area (Å²) in [5.74, 6) is 0.559. The molecule has 5 aromatic rings. The van der Waals surface area contributed by atoms with Crippen molar-refractivity contribution in [2.75, 3.05) is 5.01 Å². The molecule has 36 heavy (non-hydrogen) atoms. The molecule has 0 saturated carbocycles. The zero-order valence-corrected chi connectivity index (χ0v) is 22.9. The second kappa shape index (κ2) is 9.77. The minimum atomic E-state index is -0.0369. The fourth-order valence-corrected chi connectivity index (χ4v) is 5.16. The molecule has 4 nitrogen and oxygen atoms in total. The van der Waals surface area contributed by atoms with Crippen LogP contribution in [-0.2, 0) is 0 Å². The van der Waals surface area contributed by atoms with Crippen molar-refractivity contribution in [1.29, 1.82) is 0 Å². The van der Waals surface area contributed by atoms with Crippen LogP contribution in [-0.4, -0.2) is 15.7 Å². The van der Waals surface area contributed by atoms with Crippen LogP contribution in [0.3, 0.4) is 0 Å². The van der Waals surface area contributed by atoms with Gasteiger partial charge >= 0.3 is 0 Å². The van der Waals surface area contributed by atoms with Crippen LogP contribution < -0.4 is 5.01 Å². The molecule has 0 spiro atoms. The lowest BCUT2D eigenvalue weighted by Crippen LogP contribution is -2.21. The zero-order valence-electron chi connectivity index (χ0n) is 18.9. The maximum Gasteiger partial charge on any atom is 0.247 e. The van der Waals surface area contributed by atoms with E-state index in [2.05, 4.69) is 80.4 Å². The number of rotatable bonds is 4. The lowest BCUT2D eigenvalue weighted by atomic mass is 9.98. The van der Waals surface area contributed by atoms with Gasteiger partial charge < -0.3 is 0 Å². The molecule has 0 unspecified atom stereocenters. The molecule has 1 aromatic heterocycles. The molecule has 7 heteroatoms. The first-order valence-corrected chi connectivity index (χ1v) is 13.4. The number of halogens is 3. The smallest absolute Gasteiger partial charge is 0.223 e. The van der Waals surface area contributed by atoms with E-state index in [1.165, 1.54) is 0 Å². The molecule has 1 aliphatic heterocycles. The standard InChI is InChI=1S/C29H19Br2ClN4/c30-21-10-6-18(7-11-21)26-17-27(19-8-12-22(31)13-9-19)36(35-26)29-33-25-15-14-23(32)16-24(25)28(34-29)20-4-2-1-3-5-20/h1-16,27H,17H2/t27-/m0/s1. The van der Waals surface area contributed by atoms with E-state index in [0.29, 0.717) is 11.0 Å². The third-order valence-electron chi connectivity index (χ3n) is 6.24. The van der Waals surface area contributed by atoms with Gasteiger partial charge in [0.15, 0.2) is 0 Å². The molecule has 0 amide bonds. The van der Waals surface area contributed by atoms with Crippen molar-refractivity contribution in [2.45, 2.75) is 12.5 Å². The Morgan fingerprint density at radius 3 is 2.17 bits per heavy atom. The molecule has 4 aromatic carbocycles. The van der Waals surface area contributed by atoms with Crippen LogP contribution in [0.15, 0.2) is 111 Å². The summed E-state index contributed by atoms with van der Waals surface area (Å²) in [6, 6.07) is 32.5. The molecule has 6 rings (SSSR count). The highest BCUT2D eigenvalue weighted by molar-refractivity contribution is 9.10. The zero-order chi connectivity index (χ0) is 24.6. The van der Waals surface area contributed by atoms with Gasteiger partial charge in [-0.3, -0.25) is 0 Å². The SMILES string of the molecule is Clc1ccc2nc(N3N=C(c4ccc(Br)cc4)C[C@H]3c3ccc(Br)cc3)nc(-c3ccccc3)c2c1. The lowest BCUT2D eigenvalue weighted by Gasteiger charge is -2.23. The fourth-order valence-electron chi connectivity index (χ4n) is 4.46. The van der Waals surface area contributed by atoms with Gasteiger partial charge in [-0.25, -0.2) is 15.0 Å². The van der Waals surface area contributed by atoms with Crippen LogP contribution in [0.2, 0.25) is 5.02 Å². The Morgan fingerprint density at radius 1 is 0.750 bits per heavy atom. The van der Waals surface area contributed by atoms with Crippen LogP contribution >= 0.6 is 43.5 Å². The topological polar surface area (TPSA) is 41.4 Å². The van der Waals surface area contributed by atoms with Gasteiger partial charge in [0.05, 0.1) is 23.0 Å². The number of fused-ring (bicyclic) bond motifs is 1. The van der Waals surface area contributed by atoms with Gasteiger partial charge in [-0.2, -0.15) is 5.10 Å². The number of hydrazone groups is 1. The van der Waals surface area contributed by atoms with E-state index in [1.807, 2.05) is 53.5 Å². The number of aromatic nitrogens is 2. The molecule has 0 radical (unpaired) electrons. The second-order valence-electron chi connectivity index (χ2n) is 8.57. The quantitative estimate of drug-likeness (QED) is 0.202. The Morgan fingerprint density at radius 2 is 1.44 bits per heavy atom. The largest absolute Gasteiger partial charge is 0.247 e. The van der Waals surface area contributed by atoms with Crippen LogP contribution in [0.5, 0.6) is 0 Å². The summed E-state index contributed by atoms with van der Waals surface area (Å²) in [6.07, 6.45) is 0.742. The molecule has 0 N–H and O–H groups in total. The molecular weight excluding hydrogens is 600 g/mol. The van der Waals surface area contributed by atoms with Gasteiger partial charge in [0.2, 0.25) is 5.95 Å². The summed E-state index contributed by atoms with van der Waals surface area (Å²) >= 11 is 13.5. The Labute approximate surface area is 230 Å². The molecule has 0 saturated heterocycles. The van der Waals surface area contributed by atoms with Crippen LogP contribution in [0, 0.1) is 0 Å². The average Bonchev–Trinajstić information content (AvgIpc) is 3.35. The summed E-state index contributed by atoms with van der Waals surface area (Å²) in [6.45, 7) is 0. The number of benzene rings is 4. The third kappa shape index (κ3) is 4.57. The van der Waals surface area contributed by atoms with Crippen LogP contribution in [0.25, 0.3) is 22.2 Å². The van der Waals surface area contributed by atoms with E-state index < -0.39 is 0 Å². The minimum Gasteiger partial charge on any atom is -0.223 e. The Bertz CT molecular complexity index is 1590. The molecule has 2 heterocycles. The highest BCUT2D eigenvalue weighted by atomic mass is 79.9. The summed E-state index contributed by atoms with van der Waals surface area (Å²) in [4.78, 5) is 10.0. The van der Waals surface area contributed by atoms with Crippen molar-refractivity contribution in [3.05, 3.63) is 122 Å². The Kier molecular flexibility index (Phi) is 6.34. The van der Waals surface area contributed by atoms with E-state index in [-0.39, 0.29) is 6.04 Å². The van der Waals surface area contributed by atoms with E-state index in [4.69, 9.17) is 26.7 Å². The first-order valence-electron chi connectivity index (χ1n) is 11.5. The van der Waals surface area contributed by atoms with Crippen LogP contribution in [0.4, 0.5) is 5.95 Å². The van der Waals surface area contributed by atoms with Gasteiger partial charge in [-0.1, -0.05) is 98.1 Å². The van der Waals surface area contributed by atoms with Gasteiger partial charge in [0.25, 0.3) is 0 Å². The highest BCUT2D eigenvalue weighted by Crippen LogP contribution is 2.38. The number of hydrogen-bond acceptors (Lipinski definition) is 4. The van der Waals surface area contributed by atoms with Gasteiger partial charge in [0, 0.05) is 31.3 Å². The average molecular weight is 619 g/mol. The predicted molar refractivity (Wildman–Crippen MR) is 155 cm³/mol. The van der Waals surface area contributed by atoms with Crippen molar-refractivity contribution in [2.24, 2.45) is 5.10 Å². The van der Waals surface area contributed by atoms with E-state index >= 15 is 0 Å². The van der Waals surface area contributed by atoms with E-state index in [0.717, 1.165) is 54.4 Å². The fraction of sp³-hybridized carbons (Fsp3) is 0.0690. The highest BCUT2D eigenvalue weighted by Gasteiger charge is 2.32. The van der Waals surface area contributed by atoms with Crippen molar-refractivity contribution < 1.29 is 0 Å². The van der Waals surface area contributed by atoms with Gasteiger partial charge in [-0.05, 0) is 53.6 Å². The normalized spacial score (nSPS) is 15.4. The lowest BCUT2D eigenvalue weighted by molar-refractivity contribution is 0.689. The molecular formula is C29H19Br2ClN4. The Balaban J connectivity index is 1.53. The third-order valence-corrected chi connectivity index (χ3v) is 7.53. The monoisotopic (exact) mass is 616 g/mol. The molecule has 0 fully saturated rings. The van der Waals surface area contributed by atoms with Gasteiger partial charge in [-0.15, -0.1) is 0 Å². The maximum atomic E-state index is 6.36. The van der Waals surface area contributed by atoms with Crippen molar-refractivity contribution in [3.8, 4) is 11.3 Å². The van der Waals surface area contributed by atoms with Crippen LogP contribution in [0.1, 0.15) is 23.6 Å². The number of anilines is 1. The summed E-state index contributed by atoms with van der Waals surface area (Å²) in [5, 5.41) is 8.59. The molecule has 176 valence electrons. The number of hydrogen-bond donors (Lipinski definition) is 0. The minimum absolute atomic E-state index is 0.0369. The van der Waals surface area contributed by atoms with Gasteiger partial charge in [0.1, 0.15) is 0 Å². The molecule has 1 aliphatic rings. The summed E-state index contributed by atoms with van der Waals surface area (Å²) in [7, 11) is 0. The van der Waals surface area contributed by atoms with Crippen molar-refractivity contribution in [3.63, 3.8) is 0 Å². The second-order valence-corrected chi connectivity index (χ2v) is 10.8. The van der Waals surface area contributed by atoms with Crippen molar-refractivity contribution in [1.82, 2.24) is 9.97 Å². The Hall–Kier alpha value is -3.06. The predicted octanol–water partition coefficient (Wildman–Crippen LogP) is 8.83. The molecule has 0 aliphatic carbocycles. The van der Waals surface area contributed by atoms with E-state index in [1.54, 1.807) is 0 Å². The molecule has 1 atom stereocenters. The number of nitrogens with zero attached hydrogens (tertiary/aromatic N) is 4. The van der Waals surface area contributed by atoms with E-state index in [9.17, 15) is 0 Å². The maximum absolute atomic E-state index is 6.36. The summed E-state index contributed by atoms with van der Waals surface area (Å²) < 4.78 is 2.07. The first-order chi connectivity index (χ1) is 17.5. The van der Waals surface area contributed by atoms with Crippen molar-refractivity contribution >= 4 is 66.0 Å². The first kappa shape index (κ1) is 23.3.